The molecule has 120 valence electrons. The summed E-state index contributed by atoms with van der Waals surface area (Å²) in [5, 5.41) is 3.34. The highest BCUT2D eigenvalue weighted by Crippen LogP contribution is 2.36. The maximum Gasteiger partial charge on any atom is 0.250 e. The zero-order valence-corrected chi connectivity index (χ0v) is 14.9. The third-order valence-electron chi connectivity index (χ3n) is 3.82. The number of nitrogens with one attached hydrogen (secondary N) is 2. The molecule has 1 saturated carbocycles. The fourth-order valence-corrected chi connectivity index (χ4v) is 5.31. The van der Waals surface area contributed by atoms with Gasteiger partial charge in [0.2, 0.25) is 10.0 Å². The summed E-state index contributed by atoms with van der Waals surface area (Å²) in [7, 11) is -3.35. The molecule has 2 N–H and O–H groups in total. The Bertz CT molecular complexity index is 578. The van der Waals surface area contributed by atoms with E-state index < -0.39 is 10.0 Å². The van der Waals surface area contributed by atoms with Gasteiger partial charge in [-0.1, -0.05) is 27.2 Å². The van der Waals surface area contributed by atoms with Crippen LogP contribution in [0.5, 0.6) is 0 Å². The van der Waals surface area contributed by atoms with E-state index in [9.17, 15) is 8.42 Å². The summed E-state index contributed by atoms with van der Waals surface area (Å²) in [6, 6.07) is 2.34. The summed E-state index contributed by atoms with van der Waals surface area (Å²) < 4.78 is 28.1. The van der Waals surface area contributed by atoms with E-state index in [4.69, 9.17) is 0 Å². The van der Waals surface area contributed by atoms with Crippen LogP contribution in [0.1, 0.15) is 50.5 Å². The Morgan fingerprint density at radius 3 is 2.76 bits per heavy atom. The molecule has 0 aromatic carbocycles. The van der Waals surface area contributed by atoms with Gasteiger partial charge in [-0.05, 0) is 37.3 Å². The van der Waals surface area contributed by atoms with Gasteiger partial charge in [-0.15, -0.1) is 11.3 Å². The number of rotatable bonds is 8. The average molecular weight is 331 g/mol. The Morgan fingerprint density at radius 2 is 2.14 bits per heavy atom. The molecule has 1 fully saturated rings. The second-order valence-electron chi connectivity index (χ2n) is 6.22. The number of aryl methyl sites for hydroxylation is 1. The molecule has 1 aliphatic rings. The van der Waals surface area contributed by atoms with Crippen LogP contribution in [0.25, 0.3) is 0 Å². The third-order valence-corrected chi connectivity index (χ3v) is 7.02. The second-order valence-corrected chi connectivity index (χ2v) is 9.30. The molecule has 1 aromatic heterocycles. The molecule has 4 nitrogen and oxygen atoms in total. The summed E-state index contributed by atoms with van der Waals surface area (Å²) in [5.41, 5.74) is 1.05. The molecule has 0 amide bonds. The summed E-state index contributed by atoms with van der Waals surface area (Å²) >= 11 is 1.38. The van der Waals surface area contributed by atoms with E-state index in [0.29, 0.717) is 16.2 Å². The van der Waals surface area contributed by atoms with Gasteiger partial charge in [-0.2, -0.15) is 0 Å². The summed E-state index contributed by atoms with van der Waals surface area (Å²) in [4.78, 5) is 1.10. The lowest BCUT2D eigenvalue weighted by molar-refractivity contribution is 0.575. The van der Waals surface area contributed by atoms with Gasteiger partial charge in [-0.25, -0.2) is 13.1 Å². The SMILES string of the molecule is CCCC1CC1NS(=O)(=O)c1cc(C)c(CNC(C)C)s1. The molecule has 2 unspecified atom stereocenters. The highest BCUT2D eigenvalue weighted by molar-refractivity contribution is 7.91. The van der Waals surface area contributed by atoms with Gasteiger partial charge in [0, 0.05) is 23.5 Å². The van der Waals surface area contributed by atoms with E-state index in [1.807, 2.05) is 6.92 Å². The van der Waals surface area contributed by atoms with E-state index in [1.54, 1.807) is 6.07 Å². The van der Waals surface area contributed by atoms with Gasteiger partial charge < -0.3 is 5.32 Å². The molecule has 1 heterocycles. The van der Waals surface area contributed by atoms with Gasteiger partial charge in [0.25, 0.3) is 0 Å². The Balaban J connectivity index is 2.02. The van der Waals surface area contributed by atoms with Gasteiger partial charge in [-0.3, -0.25) is 0 Å². The van der Waals surface area contributed by atoms with Crippen LogP contribution < -0.4 is 10.0 Å². The average Bonchev–Trinajstić information content (AvgIpc) is 2.97. The van der Waals surface area contributed by atoms with Gasteiger partial charge in [0.1, 0.15) is 4.21 Å². The minimum absolute atomic E-state index is 0.148. The molecule has 1 aliphatic carbocycles. The van der Waals surface area contributed by atoms with Crippen molar-refractivity contribution in [2.24, 2.45) is 5.92 Å². The first-order valence-electron chi connectivity index (χ1n) is 7.68. The highest BCUT2D eigenvalue weighted by atomic mass is 32.2. The van der Waals surface area contributed by atoms with Crippen LogP contribution in [0.3, 0.4) is 0 Å². The molecule has 21 heavy (non-hydrogen) atoms. The lowest BCUT2D eigenvalue weighted by Crippen LogP contribution is -2.26. The molecule has 2 rings (SSSR count). The fourth-order valence-electron chi connectivity index (χ4n) is 2.43. The van der Waals surface area contributed by atoms with Crippen LogP contribution in [0.15, 0.2) is 10.3 Å². The predicted molar refractivity (Wildman–Crippen MR) is 88.2 cm³/mol. The van der Waals surface area contributed by atoms with E-state index in [0.717, 1.165) is 36.2 Å². The van der Waals surface area contributed by atoms with Crippen molar-refractivity contribution >= 4 is 21.4 Å². The van der Waals surface area contributed by atoms with E-state index >= 15 is 0 Å². The largest absolute Gasteiger partial charge is 0.310 e. The molecule has 0 saturated heterocycles. The maximum atomic E-state index is 12.4. The molecule has 2 atom stereocenters. The minimum atomic E-state index is -3.35. The Hall–Kier alpha value is -0.430. The van der Waals surface area contributed by atoms with Gasteiger partial charge in [0.05, 0.1) is 0 Å². The first-order chi connectivity index (χ1) is 9.83. The third kappa shape index (κ3) is 4.52. The maximum absolute atomic E-state index is 12.4. The van der Waals surface area contributed by atoms with Crippen molar-refractivity contribution in [1.82, 2.24) is 10.0 Å². The fraction of sp³-hybridized carbons (Fsp3) is 0.733. The van der Waals surface area contributed by atoms with Crippen molar-refractivity contribution in [2.45, 2.75) is 69.8 Å². The topological polar surface area (TPSA) is 58.2 Å². The molecular formula is C15H26N2O2S2. The zero-order chi connectivity index (χ0) is 15.6. The normalized spacial score (nSPS) is 22.0. The van der Waals surface area contributed by atoms with Crippen molar-refractivity contribution in [3.63, 3.8) is 0 Å². The lowest BCUT2D eigenvalue weighted by atomic mass is 10.2. The monoisotopic (exact) mass is 330 g/mol. The van der Waals surface area contributed by atoms with E-state index in [-0.39, 0.29) is 6.04 Å². The smallest absolute Gasteiger partial charge is 0.250 e. The van der Waals surface area contributed by atoms with Crippen LogP contribution in [0.4, 0.5) is 0 Å². The number of sulfonamides is 1. The molecule has 0 spiro atoms. The second kappa shape index (κ2) is 6.77. The minimum Gasteiger partial charge on any atom is -0.310 e. The first kappa shape index (κ1) is 16.9. The number of hydrogen-bond donors (Lipinski definition) is 2. The lowest BCUT2D eigenvalue weighted by Gasteiger charge is -2.06. The van der Waals surface area contributed by atoms with Crippen LogP contribution in [-0.2, 0) is 16.6 Å². The van der Waals surface area contributed by atoms with Gasteiger partial charge >= 0.3 is 0 Å². The van der Waals surface area contributed by atoms with Crippen LogP contribution >= 0.6 is 11.3 Å². The Kier molecular flexibility index (Phi) is 5.46. The summed E-state index contributed by atoms with van der Waals surface area (Å²) in [6.45, 7) is 9.02. The molecule has 6 heteroatoms. The number of hydrogen-bond acceptors (Lipinski definition) is 4. The van der Waals surface area contributed by atoms with Crippen molar-refractivity contribution in [3.8, 4) is 0 Å². The molecule has 0 radical (unpaired) electrons. The summed E-state index contributed by atoms with van der Waals surface area (Å²) in [5.74, 6) is 0.535. The summed E-state index contributed by atoms with van der Waals surface area (Å²) in [6.07, 6.45) is 3.21. The van der Waals surface area contributed by atoms with Crippen LogP contribution in [0.2, 0.25) is 0 Å². The molecular weight excluding hydrogens is 304 g/mol. The zero-order valence-electron chi connectivity index (χ0n) is 13.3. The Morgan fingerprint density at radius 1 is 1.43 bits per heavy atom. The van der Waals surface area contributed by atoms with Crippen molar-refractivity contribution in [2.75, 3.05) is 0 Å². The Labute approximate surface area is 132 Å². The quantitative estimate of drug-likeness (QED) is 0.770. The van der Waals surface area contributed by atoms with Crippen LogP contribution in [0, 0.1) is 12.8 Å². The molecule has 0 aliphatic heterocycles. The first-order valence-corrected chi connectivity index (χ1v) is 9.98. The van der Waals surface area contributed by atoms with Crippen LogP contribution in [-0.4, -0.2) is 20.5 Å². The standard InChI is InChI=1S/C15H26N2O2S2/c1-5-6-12-8-13(12)17-21(18,19)15-7-11(4)14(20-15)9-16-10(2)3/h7,10,12-13,16-17H,5-6,8-9H2,1-4H3. The van der Waals surface area contributed by atoms with E-state index in [1.165, 1.54) is 11.3 Å². The highest BCUT2D eigenvalue weighted by Gasteiger charge is 2.39. The van der Waals surface area contributed by atoms with Crippen molar-refractivity contribution in [1.29, 1.82) is 0 Å². The van der Waals surface area contributed by atoms with Crippen molar-refractivity contribution < 1.29 is 8.42 Å². The predicted octanol–water partition coefficient (Wildman–Crippen LogP) is 3.02. The molecule has 1 aromatic rings. The molecule has 0 bridgehead atoms. The van der Waals surface area contributed by atoms with Gasteiger partial charge in [0.15, 0.2) is 0 Å². The van der Waals surface area contributed by atoms with E-state index in [2.05, 4.69) is 30.8 Å². The number of thiophene rings is 1. The van der Waals surface area contributed by atoms with Crippen molar-refractivity contribution in [3.05, 3.63) is 16.5 Å².